The molecule has 0 aromatic heterocycles. The fourth-order valence-corrected chi connectivity index (χ4v) is 1.94. The summed E-state index contributed by atoms with van der Waals surface area (Å²) >= 11 is 5.86. The predicted molar refractivity (Wildman–Crippen MR) is 82.2 cm³/mol. The van der Waals surface area contributed by atoms with Crippen molar-refractivity contribution in [2.75, 3.05) is 12.8 Å². The number of hydrogen-bond acceptors (Lipinski definition) is 3. The lowest BCUT2D eigenvalue weighted by Crippen LogP contribution is -2.03. The fraction of sp³-hybridized carbons (Fsp3) is 0.0625. The highest BCUT2D eigenvalue weighted by Crippen LogP contribution is 2.22. The molecule has 0 radical (unpaired) electrons. The summed E-state index contributed by atoms with van der Waals surface area (Å²) in [7, 11) is 1.35. The maximum atomic E-state index is 11.9. The molecule has 0 amide bonds. The Kier molecular flexibility index (Phi) is 4.43. The van der Waals surface area contributed by atoms with E-state index in [0.717, 1.165) is 11.1 Å². The number of nitrogen functional groups attached to an aromatic ring is 1. The average Bonchev–Trinajstić information content (AvgIpc) is 2.45. The summed E-state index contributed by atoms with van der Waals surface area (Å²) in [5.74, 6) is -0.408. The molecule has 0 atom stereocenters. The van der Waals surface area contributed by atoms with Crippen molar-refractivity contribution in [3.8, 4) is 0 Å². The molecule has 102 valence electrons. The van der Waals surface area contributed by atoms with E-state index in [1.54, 1.807) is 42.5 Å². The fourth-order valence-electron chi connectivity index (χ4n) is 1.81. The van der Waals surface area contributed by atoms with Gasteiger partial charge in [0.2, 0.25) is 0 Å². The van der Waals surface area contributed by atoms with Crippen LogP contribution in [0, 0.1) is 0 Å². The Morgan fingerprint density at radius 2 is 1.90 bits per heavy atom. The topological polar surface area (TPSA) is 52.3 Å². The number of ether oxygens (including phenoxy) is 1. The Labute approximate surface area is 122 Å². The van der Waals surface area contributed by atoms with Crippen LogP contribution in [0.25, 0.3) is 11.6 Å². The lowest BCUT2D eigenvalue weighted by molar-refractivity contribution is -0.133. The third-order valence-electron chi connectivity index (χ3n) is 2.78. The zero-order chi connectivity index (χ0) is 14.5. The molecule has 0 aliphatic heterocycles. The molecular formula is C16H14ClNO2. The minimum atomic E-state index is -0.408. The number of halogens is 1. The van der Waals surface area contributed by atoms with Crippen molar-refractivity contribution < 1.29 is 9.53 Å². The third kappa shape index (κ3) is 3.39. The van der Waals surface area contributed by atoms with Crippen molar-refractivity contribution in [1.82, 2.24) is 0 Å². The molecule has 0 saturated heterocycles. The van der Waals surface area contributed by atoms with Crippen LogP contribution in [0.2, 0.25) is 5.02 Å². The van der Waals surface area contributed by atoms with Crippen LogP contribution in [-0.4, -0.2) is 13.1 Å². The van der Waals surface area contributed by atoms with Crippen LogP contribution < -0.4 is 5.73 Å². The summed E-state index contributed by atoms with van der Waals surface area (Å²) < 4.78 is 4.83. The maximum absolute atomic E-state index is 11.9. The van der Waals surface area contributed by atoms with E-state index >= 15 is 0 Å². The normalized spacial score (nSPS) is 11.2. The zero-order valence-corrected chi connectivity index (χ0v) is 11.7. The van der Waals surface area contributed by atoms with Crippen LogP contribution in [0.15, 0.2) is 48.5 Å². The van der Waals surface area contributed by atoms with Crippen LogP contribution in [-0.2, 0) is 9.53 Å². The highest BCUT2D eigenvalue weighted by molar-refractivity contribution is 6.30. The molecule has 3 nitrogen and oxygen atoms in total. The second-order valence-electron chi connectivity index (χ2n) is 4.23. The molecule has 0 fully saturated rings. The smallest absolute Gasteiger partial charge is 0.338 e. The SMILES string of the molecule is COC(=O)/C(=C\c1cccc(N)c1)c1ccc(Cl)cc1. The van der Waals surface area contributed by atoms with Gasteiger partial charge in [-0.25, -0.2) is 4.79 Å². The average molecular weight is 288 g/mol. The van der Waals surface area contributed by atoms with E-state index in [1.165, 1.54) is 7.11 Å². The third-order valence-corrected chi connectivity index (χ3v) is 3.03. The van der Waals surface area contributed by atoms with Gasteiger partial charge in [-0.1, -0.05) is 35.9 Å². The number of rotatable bonds is 3. The molecular weight excluding hydrogens is 274 g/mol. The molecule has 2 aromatic carbocycles. The second kappa shape index (κ2) is 6.26. The van der Waals surface area contributed by atoms with E-state index in [9.17, 15) is 4.79 Å². The van der Waals surface area contributed by atoms with Gasteiger partial charge in [-0.05, 0) is 41.5 Å². The number of carbonyl (C=O) groups is 1. The van der Waals surface area contributed by atoms with Crippen molar-refractivity contribution >= 4 is 34.9 Å². The summed E-state index contributed by atoms with van der Waals surface area (Å²) in [6.45, 7) is 0. The molecule has 0 bridgehead atoms. The van der Waals surface area contributed by atoms with Crippen LogP contribution in [0.5, 0.6) is 0 Å². The molecule has 0 aliphatic rings. The van der Waals surface area contributed by atoms with Crippen molar-refractivity contribution in [1.29, 1.82) is 0 Å². The Morgan fingerprint density at radius 1 is 1.20 bits per heavy atom. The molecule has 0 heterocycles. The molecule has 0 spiro atoms. The van der Waals surface area contributed by atoms with E-state index in [-0.39, 0.29) is 0 Å². The Balaban J connectivity index is 2.47. The quantitative estimate of drug-likeness (QED) is 0.406. The van der Waals surface area contributed by atoms with Crippen LogP contribution >= 0.6 is 11.6 Å². The van der Waals surface area contributed by atoms with E-state index in [2.05, 4.69) is 0 Å². The van der Waals surface area contributed by atoms with Crippen molar-refractivity contribution in [2.45, 2.75) is 0 Å². The van der Waals surface area contributed by atoms with Gasteiger partial charge in [0.15, 0.2) is 0 Å². The van der Waals surface area contributed by atoms with Gasteiger partial charge in [-0.3, -0.25) is 0 Å². The van der Waals surface area contributed by atoms with Crippen LogP contribution in [0.3, 0.4) is 0 Å². The Bertz CT molecular complexity index is 648. The van der Waals surface area contributed by atoms with Gasteiger partial charge in [0.25, 0.3) is 0 Å². The molecule has 2 rings (SSSR count). The zero-order valence-electron chi connectivity index (χ0n) is 11.0. The first kappa shape index (κ1) is 14.2. The standard InChI is InChI=1S/C16H14ClNO2/c1-20-16(19)15(12-5-7-13(17)8-6-12)10-11-3-2-4-14(18)9-11/h2-10H,18H2,1H3/b15-10-. The van der Waals surface area contributed by atoms with Crippen molar-refractivity contribution in [3.63, 3.8) is 0 Å². The molecule has 20 heavy (non-hydrogen) atoms. The maximum Gasteiger partial charge on any atom is 0.338 e. The largest absolute Gasteiger partial charge is 0.465 e. The van der Waals surface area contributed by atoms with E-state index < -0.39 is 5.97 Å². The molecule has 2 N–H and O–H groups in total. The van der Waals surface area contributed by atoms with Crippen molar-refractivity contribution in [3.05, 3.63) is 64.7 Å². The first-order valence-electron chi connectivity index (χ1n) is 6.01. The van der Waals surface area contributed by atoms with Gasteiger partial charge in [0, 0.05) is 10.7 Å². The monoisotopic (exact) mass is 287 g/mol. The lowest BCUT2D eigenvalue weighted by Gasteiger charge is -2.06. The number of hydrogen-bond donors (Lipinski definition) is 1. The minimum Gasteiger partial charge on any atom is -0.465 e. The summed E-state index contributed by atoms with van der Waals surface area (Å²) in [6.07, 6.45) is 1.74. The van der Waals surface area contributed by atoms with Gasteiger partial charge < -0.3 is 10.5 Å². The van der Waals surface area contributed by atoms with Crippen LogP contribution in [0.1, 0.15) is 11.1 Å². The molecule has 2 aromatic rings. The van der Waals surface area contributed by atoms with Crippen molar-refractivity contribution in [2.24, 2.45) is 0 Å². The summed E-state index contributed by atoms with van der Waals surface area (Å²) in [4.78, 5) is 11.9. The highest BCUT2D eigenvalue weighted by atomic mass is 35.5. The number of carbonyl (C=O) groups excluding carboxylic acids is 1. The second-order valence-corrected chi connectivity index (χ2v) is 4.66. The lowest BCUT2D eigenvalue weighted by atomic mass is 10.0. The number of esters is 1. The Morgan fingerprint density at radius 3 is 2.50 bits per heavy atom. The first-order chi connectivity index (χ1) is 9.60. The molecule has 4 heteroatoms. The number of methoxy groups -OCH3 is 1. The van der Waals surface area contributed by atoms with Gasteiger partial charge in [0.05, 0.1) is 12.7 Å². The summed E-state index contributed by atoms with van der Waals surface area (Å²) in [5.41, 5.74) is 8.40. The minimum absolute atomic E-state index is 0.408. The van der Waals surface area contributed by atoms with Gasteiger partial charge in [0.1, 0.15) is 0 Å². The van der Waals surface area contributed by atoms with E-state index in [0.29, 0.717) is 16.3 Å². The number of anilines is 1. The van der Waals surface area contributed by atoms with E-state index in [4.69, 9.17) is 22.1 Å². The predicted octanol–water partition coefficient (Wildman–Crippen LogP) is 3.64. The first-order valence-corrected chi connectivity index (χ1v) is 6.39. The number of benzene rings is 2. The number of nitrogens with two attached hydrogens (primary N) is 1. The molecule has 0 aliphatic carbocycles. The highest BCUT2D eigenvalue weighted by Gasteiger charge is 2.12. The van der Waals surface area contributed by atoms with E-state index in [1.807, 2.05) is 12.1 Å². The Hall–Kier alpha value is -2.26. The summed E-state index contributed by atoms with van der Waals surface area (Å²) in [6, 6.07) is 14.3. The summed E-state index contributed by atoms with van der Waals surface area (Å²) in [5, 5.41) is 0.613. The van der Waals surface area contributed by atoms with Gasteiger partial charge in [-0.15, -0.1) is 0 Å². The van der Waals surface area contributed by atoms with Gasteiger partial charge in [-0.2, -0.15) is 0 Å². The molecule has 0 unspecified atom stereocenters. The molecule has 0 saturated carbocycles. The van der Waals surface area contributed by atoms with Gasteiger partial charge >= 0.3 is 5.97 Å². The van der Waals surface area contributed by atoms with Crippen LogP contribution in [0.4, 0.5) is 5.69 Å².